The van der Waals surface area contributed by atoms with Gasteiger partial charge in [0.15, 0.2) is 5.69 Å². The first-order valence-electron chi connectivity index (χ1n) is 5.53. The van der Waals surface area contributed by atoms with Crippen molar-refractivity contribution >= 4 is 23.0 Å². The van der Waals surface area contributed by atoms with E-state index in [9.17, 15) is 22.8 Å². The van der Waals surface area contributed by atoms with Crippen LogP contribution in [0, 0.1) is 0 Å². The molecule has 0 radical (unpaired) electrons. The van der Waals surface area contributed by atoms with Gasteiger partial charge in [-0.2, -0.15) is 18.3 Å². The minimum absolute atomic E-state index is 0.0594. The Kier molecular flexibility index (Phi) is 3.81. The van der Waals surface area contributed by atoms with Crippen LogP contribution >= 0.6 is 11.1 Å². The topological polar surface area (TPSA) is 84.2 Å². The van der Waals surface area contributed by atoms with Gasteiger partial charge in [0.2, 0.25) is 0 Å². The van der Waals surface area contributed by atoms with E-state index in [0.717, 1.165) is 10.9 Å². The molecule has 6 nitrogen and oxygen atoms in total. The molecule has 1 amide bonds. The van der Waals surface area contributed by atoms with Crippen molar-refractivity contribution in [2.75, 3.05) is 0 Å². The standard InChI is InChI=1S/C11H10F3N3O3S/c1-17-5-6(8(15-17)11(12,13)14)9(18)16-21-4-2-3-7(21)10(19)20/h2-5,21H,1H3,(H,16,18)(H,19,20). The quantitative estimate of drug-likeness (QED) is 0.738. The monoisotopic (exact) mass is 321 g/mol. The van der Waals surface area contributed by atoms with E-state index >= 15 is 0 Å². The van der Waals surface area contributed by atoms with Crippen LogP contribution in [0.5, 0.6) is 0 Å². The van der Waals surface area contributed by atoms with Gasteiger partial charge in [-0.3, -0.25) is 9.48 Å². The molecule has 0 aromatic carbocycles. The first kappa shape index (κ1) is 15.2. The number of rotatable bonds is 3. The van der Waals surface area contributed by atoms with E-state index in [0.29, 0.717) is 0 Å². The van der Waals surface area contributed by atoms with Gasteiger partial charge in [-0.05, 0) is 11.5 Å². The lowest BCUT2D eigenvalue weighted by molar-refractivity contribution is -0.141. The highest BCUT2D eigenvalue weighted by Crippen LogP contribution is 2.38. The van der Waals surface area contributed by atoms with Gasteiger partial charge in [-0.1, -0.05) is 6.08 Å². The van der Waals surface area contributed by atoms with Crippen molar-refractivity contribution < 1.29 is 27.9 Å². The number of alkyl halides is 3. The highest BCUT2D eigenvalue weighted by Gasteiger charge is 2.39. The number of aryl methyl sites for hydroxylation is 1. The molecule has 0 bridgehead atoms. The molecular formula is C11H10F3N3O3S. The molecule has 0 aliphatic carbocycles. The Labute approximate surface area is 119 Å². The van der Waals surface area contributed by atoms with Crippen molar-refractivity contribution in [3.05, 3.63) is 39.9 Å². The summed E-state index contributed by atoms with van der Waals surface area (Å²) in [4.78, 5) is 22.8. The minimum atomic E-state index is -4.77. The number of thiol groups is 1. The Balaban J connectivity index is 2.24. The maximum Gasteiger partial charge on any atom is 0.435 e. The van der Waals surface area contributed by atoms with Crippen molar-refractivity contribution in [1.29, 1.82) is 0 Å². The number of nitrogens with one attached hydrogen (secondary N) is 1. The molecule has 114 valence electrons. The zero-order chi connectivity index (χ0) is 15.8. The summed E-state index contributed by atoms with van der Waals surface area (Å²) >= 11 is -1.67. The molecule has 0 saturated carbocycles. The Morgan fingerprint density at radius 1 is 1.43 bits per heavy atom. The summed E-state index contributed by atoms with van der Waals surface area (Å²) in [6.45, 7) is 0. The lowest BCUT2D eigenvalue weighted by atomic mass is 10.2. The number of carboxylic acids is 1. The van der Waals surface area contributed by atoms with E-state index < -0.39 is 40.4 Å². The van der Waals surface area contributed by atoms with Crippen LogP contribution in [0.4, 0.5) is 13.2 Å². The Bertz CT molecular complexity index is 663. The molecule has 2 N–H and O–H groups in total. The van der Waals surface area contributed by atoms with Gasteiger partial charge < -0.3 is 9.83 Å². The fourth-order valence-corrected chi connectivity index (χ4v) is 3.09. The predicted molar refractivity (Wildman–Crippen MR) is 69.5 cm³/mol. The number of allylic oxidation sites excluding steroid dienone is 2. The van der Waals surface area contributed by atoms with Crippen LogP contribution in [0.3, 0.4) is 0 Å². The van der Waals surface area contributed by atoms with Crippen molar-refractivity contribution in [2.45, 2.75) is 6.18 Å². The maximum absolute atomic E-state index is 12.8. The number of carbonyl (C=O) groups excluding carboxylic acids is 1. The molecule has 2 heterocycles. The molecule has 1 atom stereocenters. The SMILES string of the molecule is Cn1cc(C(=O)N[SH]2C=CC=C2C(=O)O)c(C(F)(F)F)n1. The Hall–Kier alpha value is -2.23. The molecule has 1 aromatic rings. The van der Waals surface area contributed by atoms with Crippen LogP contribution in [0.15, 0.2) is 28.7 Å². The zero-order valence-corrected chi connectivity index (χ0v) is 11.4. The van der Waals surface area contributed by atoms with Gasteiger partial charge in [-0.15, -0.1) is 11.1 Å². The number of hydrogen-bond donors (Lipinski definition) is 3. The average Bonchev–Trinajstić information content (AvgIpc) is 2.94. The second-order valence-corrected chi connectivity index (χ2v) is 5.82. The number of halogens is 3. The van der Waals surface area contributed by atoms with Gasteiger partial charge in [0, 0.05) is 13.2 Å². The number of hydrogen-bond acceptors (Lipinski definition) is 3. The second-order valence-electron chi connectivity index (χ2n) is 4.07. The van der Waals surface area contributed by atoms with Crippen LogP contribution in [-0.2, 0) is 18.0 Å². The fourth-order valence-electron chi connectivity index (χ4n) is 1.69. The summed E-state index contributed by atoms with van der Waals surface area (Å²) in [5, 5.41) is 13.6. The van der Waals surface area contributed by atoms with Crippen molar-refractivity contribution in [1.82, 2.24) is 14.5 Å². The first-order chi connectivity index (χ1) is 9.70. The van der Waals surface area contributed by atoms with Gasteiger partial charge in [-0.25, -0.2) is 4.79 Å². The normalized spacial score (nSPS) is 19.4. The first-order valence-corrected chi connectivity index (χ1v) is 6.94. The van der Waals surface area contributed by atoms with Crippen LogP contribution < -0.4 is 4.72 Å². The molecule has 1 aliphatic rings. The van der Waals surface area contributed by atoms with Gasteiger partial charge >= 0.3 is 12.1 Å². The summed E-state index contributed by atoms with van der Waals surface area (Å²) < 4.78 is 41.5. The lowest BCUT2D eigenvalue weighted by Crippen LogP contribution is -2.24. The number of amides is 1. The number of carbonyl (C=O) groups is 2. The smallest absolute Gasteiger partial charge is 0.435 e. The summed E-state index contributed by atoms with van der Waals surface area (Å²) in [6.07, 6.45) is -1.10. The van der Waals surface area contributed by atoms with E-state index in [1.54, 1.807) is 0 Å². The summed E-state index contributed by atoms with van der Waals surface area (Å²) in [5.74, 6) is -2.24. The van der Waals surface area contributed by atoms with Gasteiger partial charge in [0.1, 0.15) is 0 Å². The van der Waals surface area contributed by atoms with Crippen LogP contribution in [-0.4, -0.2) is 26.8 Å². The number of nitrogens with zero attached hydrogens (tertiary/aromatic N) is 2. The van der Waals surface area contributed by atoms with E-state index in [4.69, 9.17) is 5.11 Å². The van der Waals surface area contributed by atoms with Gasteiger partial charge in [0.05, 0.1) is 10.5 Å². The molecule has 1 unspecified atom stereocenters. The Morgan fingerprint density at radius 2 is 2.10 bits per heavy atom. The fraction of sp³-hybridized carbons (Fsp3) is 0.182. The molecular weight excluding hydrogens is 311 g/mol. The van der Waals surface area contributed by atoms with Gasteiger partial charge in [0.25, 0.3) is 5.91 Å². The summed E-state index contributed by atoms with van der Waals surface area (Å²) in [7, 11) is 1.26. The van der Waals surface area contributed by atoms with Crippen LogP contribution in [0.2, 0.25) is 0 Å². The van der Waals surface area contributed by atoms with Crippen molar-refractivity contribution in [2.24, 2.45) is 7.05 Å². The molecule has 0 saturated heterocycles. The second kappa shape index (κ2) is 5.28. The minimum Gasteiger partial charge on any atom is -0.477 e. The maximum atomic E-state index is 12.8. The average molecular weight is 321 g/mol. The molecule has 10 heteroatoms. The van der Waals surface area contributed by atoms with Crippen molar-refractivity contribution in [3.63, 3.8) is 0 Å². The molecule has 2 rings (SSSR count). The number of carboxylic acid groups (broad SMARTS) is 1. The molecule has 1 aliphatic heterocycles. The van der Waals surface area contributed by atoms with Crippen LogP contribution in [0.1, 0.15) is 16.1 Å². The highest BCUT2D eigenvalue weighted by molar-refractivity contribution is 8.22. The van der Waals surface area contributed by atoms with Crippen molar-refractivity contribution in [3.8, 4) is 0 Å². The third kappa shape index (κ3) is 3.10. The molecule has 21 heavy (non-hydrogen) atoms. The highest BCUT2D eigenvalue weighted by atomic mass is 32.2. The molecule has 1 aromatic heterocycles. The lowest BCUT2D eigenvalue weighted by Gasteiger charge is -2.17. The summed E-state index contributed by atoms with van der Waals surface area (Å²) in [6, 6.07) is 0. The van der Waals surface area contributed by atoms with Crippen LogP contribution in [0.25, 0.3) is 0 Å². The molecule has 0 spiro atoms. The summed E-state index contributed by atoms with van der Waals surface area (Å²) in [5.41, 5.74) is -1.95. The van der Waals surface area contributed by atoms with E-state index in [1.807, 2.05) is 0 Å². The zero-order valence-electron chi connectivity index (χ0n) is 10.5. The van der Waals surface area contributed by atoms with E-state index in [1.165, 1.54) is 24.6 Å². The number of aromatic nitrogens is 2. The van der Waals surface area contributed by atoms with E-state index in [-0.39, 0.29) is 4.91 Å². The largest absolute Gasteiger partial charge is 0.477 e. The molecule has 0 fully saturated rings. The third-order valence-electron chi connectivity index (χ3n) is 2.53. The van der Waals surface area contributed by atoms with E-state index in [2.05, 4.69) is 9.82 Å². The Morgan fingerprint density at radius 3 is 2.67 bits per heavy atom. The third-order valence-corrected chi connectivity index (χ3v) is 4.31. The predicted octanol–water partition coefficient (Wildman–Crippen LogP) is 1.58. The number of aliphatic carboxylic acids is 1.